The molecule has 21 heavy (non-hydrogen) atoms. The first-order valence-corrected chi connectivity index (χ1v) is 7.61. The van der Waals surface area contributed by atoms with Crippen LogP contribution in [0.25, 0.3) is 0 Å². The molecule has 0 saturated heterocycles. The summed E-state index contributed by atoms with van der Waals surface area (Å²) in [6.07, 6.45) is 3.68. The normalized spacial score (nSPS) is 33.4. The monoisotopic (exact) mass is 292 g/mol. The molecule has 3 atom stereocenters. The van der Waals surface area contributed by atoms with Gasteiger partial charge in [-0.15, -0.1) is 0 Å². The maximum absolute atomic E-state index is 11.3. The number of hydrogen-bond acceptors (Lipinski definition) is 4. The van der Waals surface area contributed by atoms with Crippen LogP contribution < -0.4 is 5.32 Å². The quantitative estimate of drug-likeness (QED) is 0.685. The number of anilines is 1. The molecule has 0 aromatic carbocycles. The highest BCUT2D eigenvalue weighted by Gasteiger charge is 2.59. The standard InChI is InChI=1S/C15H24N4O2/c1-9-11(19(20)21)12(18(5)17-9)16-13-14(2,3)10-6-7-15(13,4)8-10/h10,13,16H,6-8H2,1-5H3. The lowest BCUT2D eigenvalue weighted by Gasteiger charge is -2.43. The molecule has 116 valence electrons. The molecular formula is C15H24N4O2. The van der Waals surface area contributed by atoms with Gasteiger partial charge in [-0.25, -0.2) is 4.68 Å². The fourth-order valence-corrected chi connectivity index (χ4v) is 4.83. The number of fused-ring (bicyclic) bond motifs is 2. The smallest absolute Gasteiger partial charge is 0.333 e. The van der Waals surface area contributed by atoms with Crippen LogP contribution >= 0.6 is 0 Å². The first kappa shape index (κ1) is 14.4. The second-order valence-corrected chi connectivity index (χ2v) is 7.66. The van der Waals surface area contributed by atoms with Gasteiger partial charge in [-0.1, -0.05) is 20.8 Å². The van der Waals surface area contributed by atoms with Gasteiger partial charge in [0, 0.05) is 13.1 Å². The van der Waals surface area contributed by atoms with Gasteiger partial charge in [0.05, 0.1) is 4.92 Å². The number of rotatable bonds is 3. The second-order valence-electron chi connectivity index (χ2n) is 7.66. The minimum absolute atomic E-state index is 0.111. The van der Waals surface area contributed by atoms with Crippen molar-refractivity contribution in [3.63, 3.8) is 0 Å². The molecule has 0 spiro atoms. The molecule has 1 heterocycles. The molecule has 2 bridgehead atoms. The van der Waals surface area contributed by atoms with Gasteiger partial charge >= 0.3 is 5.69 Å². The fraction of sp³-hybridized carbons (Fsp3) is 0.800. The third-order valence-electron chi connectivity index (χ3n) is 5.92. The van der Waals surface area contributed by atoms with Gasteiger partial charge in [-0.2, -0.15) is 5.10 Å². The first-order chi connectivity index (χ1) is 9.67. The van der Waals surface area contributed by atoms with Crippen LogP contribution in [0.15, 0.2) is 0 Å². The Hall–Kier alpha value is -1.59. The highest BCUT2D eigenvalue weighted by atomic mass is 16.6. The van der Waals surface area contributed by atoms with Crippen LogP contribution in [0.2, 0.25) is 0 Å². The number of nitrogens with one attached hydrogen (secondary N) is 1. The van der Waals surface area contributed by atoms with E-state index in [0.29, 0.717) is 17.4 Å². The third-order valence-corrected chi connectivity index (χ3v) is 5.92. The van der Waals surface area contributed by atoms with Gasteiger partial charge < -0.3 is 5.32 Å². The molecule has 0 amide bonds. The van der Waals surface area contributed by atoms with Gasteiger partial charge in [0.2, 0.25) is 5.82 Å². The predicted molar refractivity (Wildman–Crippen MR) is 81.2 cm³/mol. The third kappa shape index (κ3) is 1.88. The van der Waals surface area contributed by atoms with Crippen molar-refractivity contribution in [2.45, 2.75) is 53.0 Å². The van der Waals surface area contributed by atoms with Crippen LogP contribution in [0.1, 0.15) is 45.7 Å². The average Bonchev–Trinajstić information content (AvgIpc) is 2.92. The molecule has 2 aliphatic carbocycles. The Kier molecular flexibility index (Phi) is 2.88. The summed E-state index contributed by atoms with van der Waals surface area (Å²) >= 11 is 0. The topological polar surface area (TPSA) is 73.0 Å². The molecule has 2 saturated carbocycles. The summed E-state index contributed by atoms with van der Waals surface area (Å²) in [4.78, 5) is 11.0. The zero-order valence-electron chi connectivity index (χ0n) is 13.4. The Morgan fingerprint density at radius 2 is 2.10 bits per heavy atom. The van der Waals surface area contributed by atoms with Gasteiger partial charge in [-0.05, 0) is 42.9 Å². The van der Waals surface area contributed by atoms with Crippen molar-refractivity contribution in [3.8, 4) is 0 Å². The van der Waals surface area contributed by atoms with Gasteiger partial charge in [0.1, 0.15) is 5.69 Å². The van der Waals surface area contributed by atoms with E-state index in [-0.39, 0.29) is 27.5 Å². The molecule has 2 fully saturated rings. The van der Waals surface area contributed by atoms with E-state index < -0.39 is 0 Å². The highest BCUT2D eigenvalue weighted by molar-refractivity contribution is 5.60. The largest absolute Gasteiger partial charge is 0.361 e. The van der Waals surface area contributed by atoms with Gasteiger partial charge in [-0.3, -0.25) is 10.1 Å². The van der Waals surface area contributed by atoms with Crippen molar-refractivity contribution >= 4 is 11.5 Å². The second kappa shape index (κ2) is 4.21. The van der Waals surface area contributed by atoms with E-state index >= 15 is 0 Å². The van der Waals surface area contributed by atoms with E-state index in [1.165, 1.54) is 19.3 Å². The van der Waals surface area contributed by atoms with Crippen molar-refractivity contribution in [1.29, 1.82) is 0 Å². The van der Waals surface area contributed by atoms with E-state index in [1.807, 2.05) is 0 Å². The molecule has 6 heteroatoms. The number of hydrogen-bond donors (Lipinski definition) is 1. The Morgan fingerprint density at radius 3 is 2.62 bits per heavy atom. The summed E-state index contributed by atoms with van der Waals surface area (Å²) in [7, 11) is 1.77. The van der Waals surface area contributed by atoms with Crippen molar-refractivity contribution < 1.29 is 4.92 Å². The average molecular weight is 292 g/mol. The zero-order valence-corrected chi connectivity index (χ0v) is 13.4. The van der Waals surface area contributed by atoms with Crippen LogP contribution in [0, 0.1) is 33.8 Å². The van der Waals surface area contributed by atoms with E-state index in [1.54, 1.807) is 18.7 Å². The number of nitrogens with zero attached hydrogens (tertiary/aromatic N) is 3. The molecule has 2 aliphatic rings. The SMILES string of the molecule is Cc1nn(C)c(NC2C3(C)CCC(C3)C2(C)C)c1[N+](=O)[O-]. The summed E-state index contributed by atoms with van der Waals surface area (Å²) < 4.78 is 1.61. The summed E-state index contributed by atoms with van der Waals surface area (Å²) in [6.45, 7) is 8.58. The van der Waals surface area contributed by atoms with Crippen molar-refractivity contribution in [3.05, 3.63) is 15.8 Å². The van der Waals surface area contributed by atoms with E-state index in [2.05, 4.69) is 31.2 Å². The number of nitro groups is 1. The van der Waals surface area contributed by atoms with Crippen LogP contribution in [-0.2, 0) is 7.05 Å². The summed E-state index contributed by atoms with van der Waals surface area (Å²) in [5.41, 5.74) is 0.954. The minimum atomic E-state index is -0.326. The molecule has 1 aromatic heterocycles. The maximum atomic E-state index is 11.3. The molecule has 1 aromatic rings. The van der Waals surface area contributed by atoms with Crippen LogP contribution in [-0.4, -0.2) is 20.7 Å². The maximum Gasteiger partial charge on any atom is 0.333 e. The summed E-state index contributed by atoms with van der Waals surface area (Å²) in [6, 6.07) is 0.247. The van der Waals surface area contributed by atoms with Gasteiger partial charge in [0.15, 0.2) is 0 Å². The van der Waals surface area contributed by atoms with Crippen LogP contribution in [0.5, 0.6) is 0 Å². The molecule has 1 N–H and O–H groups in total. The predicted octanol–water partition coefficient (Wildman–Crippen LogP) is 3.26. The molecule has 3 rings (SSSR count). The molecule has 6 nitrogen and oxygen atoms in total. The zero-order chi connectivity index (χ0) is 15.6. The van der Waals surface area contributed by atoms with Crippen molar-refractivity contribution in [1.82, 2.24) is 9.78 Å². The lowest BCUT2D eigenvalue weighted by atomic mass is 9.68. The Balaban J connectivity index is 2.00. The van der Waals surface area contributed by atoms with Crippen LogP contribution in [0.3, 0.4) is 0 Å². The van der Waals surface area contributed by atoms with Crippen molar-refractivity contribution in [2.75, 3.05) is 5.32 Å². The molecule has 0 radical (unpaired) electrons. The van der Waals surface area contributed by atoms with E-state index in [9.17, 15) is 10.1 Å². The van der Waals surface area contributed by atoms with E-state index in [4.69, 9.17) is 0 Å². The van der Waals surface area contributed by atoms with Crippen LogP contribution in [0.4, 0.5) is 11.5 Å². The Morgan fingerprint density at radius 1 is 1.43 bits per heavy atom. The fourth-order valence-electron chi connectivity index (χ4n) is 4.83. The summed E-state index contributed by atoms with van der Waals surface area (Å²) in [5.74, 6) is 1.25. The lowest BCUT2D eigenvalue weighted by Crippen LogP contribution is -2.46. The summed E-state index contributed by atoms with van der Waals surface area (Å²) in [5, 5.41) is 19.1. The van der Waals surface area contributed by atoms with Gasteiger partial charge in [0.25, 0.3) is 0 Å². The minimum Gasteiger partial charge on any atom is -0.361 e. The van der Waals surface area contributed by atoms with E-state index in [0.717, 1.165) is 0 Å². The Labute approximate surface area is 125 Å². The highest BCUT2D eigenvalue weighted by Crippen LogP contribution is 2.63. The number of aromatic nitrogens is 2. The first-order valence-electron chi connectivity index (χ1n) is 7.61. The Bertz CT molecular complexity index is 602. The molecule has 0 aliphatic heterocycles. The molecule has 3 unspecified atom stereocenters. The van der Waals surface area contributed by atoms with Crippen molar-refractivity contribution in [2.24, 2.45) is 23.8 Å². The number of aryl methyl sites for hydroxylation is 2. The molecular weight excluding hydrogens is 268 g/mol. The lowest BCUT2D eigenvalue weighted by molar-refractivity contribution is -0.384.